The summed E-state index contributed by atoms with van der Waals surface area (Å²) >= 11 is 0. The first-order valence-corrected chi connectivity index (χ1v) is 5.99. The van der Waals surface area contributed by atoms with E-state index in [4.69, 9.17) is 0 Å². The molecule has 1 nitrogen and oxygen atoms in total. The summed E-state index contributed by atoms with van der Waals surface area (Å²) in [6, 6.07) is 13.7. The number of ketones is 1. The van der Waals surface area contributed by atoms with E-state index in [0.717, 1.165) is 5.56 Å². The maximum absolute atomic E-state index is 13.6. The molecule has 2 aromatic carbocycles. The van der Waals surface area contributed by atoms with E-state index in [1.807, 2.05) is 13.8 Å². The molecule has 0 atom stereocenters. The largest absolute Gasteiger partial charge is 0.294 e. The van der Waals surface area contributed by atoms with Gasteiger partial charge in [-0.05, 0) is 11.6 Å². The molecule has 0 aliphatic carbocycles. The summed E-state index contributed by atoms with van der Waals surface area (Å²) in [5.41, 5.74) is 2.01. The molecule has 0 heterocycles. The van der Waals surface area contributed by atoms with Crippen LogP contribution < -0.4 is 0 Å². The summed E-state index contributed by atoms with van der Waals surface area (Å²) in [5.74, 6) is -0.167. The van der Waals surface area contributed by atoms with Crippen LogP contribution in [0, 0.1) is 11.7 Å². The van der Waals surface area contributed by atoms with Gasteiger partial charge in [-0.3, -0.25) is 4.79 Å². The fourth-order valence-corrected chi connectivity index (χ4v) is 1.84. The van der Waals surface area contributed by atoms with Gasteiger partial charge in [-0.25, -0.2) is 4.39 Å². The Balaban J connectivity index is 2.34. The summed E-state index contributed by atoms with van der Waals surface area (Å²) in [4.78, 5) is 11.8. The number of halogens is 1. The van der Waals surface area contributed by atoms with E-state index in [9.17, 15) is 9.18 Å². The first kappa shape index (κ1) is 12.5. The van der Waals surface area contributed by atoms with Crippen LogP contribution in [0.15, 0.2) is 48.5 Å². The van der Waals surface area contributed by atoms with Gasteiger partial charge in [0.25, 0.3) is 0 Å². The molecule has 18 heavy (non-hydrogen) atoms. The van der Waals surface area contributed by atoms with Gasteiger partial charge in [0.05, 0.1) is 0 Å². The van der Waals surface area contributed by atoms with Gasteiger partial charge in [-0.15, -0.1) is 0 Å². The Kier molecular flexibility index (Phi) is 3.56. The van der Waals surface area contributed by atoms with Gasteiger partial charge in [0.2, 0.25) is 0 Å². The molecule has 0 amide bonds. The standard InChI is InChI=1S/C16H15FO/c1-11(2)16(18)13-9-7-12(8-10-13)14-5-3-4-6-15(14)17/h3-11H,1-2H3. The molecule has 2 aromatic rings. The van der Waals surface area contributed by atoms with Crippen molar-refractivity contribution in [2.45, 2.75) is 13.8 Å². The van der Waals surface area contributed by atoms with Crippen molar-refractivity contribution < 1.29 is 9.18 Å². The molecule has 0 unspecified atom stereocenters. The summed E-state index contributed by atoms with van der Waals surface area (Å²) in [6.45, 7) is 3.74. The molecular weight excluding hydrogens is 227 g/mol. The lowest BCUT2D eigenvalue weighted by molar-refractivity contribution is 0.0939. The van der Waals surface area contributed by atoms with Crippen LogP contribution >= 0.6 is 0 Å². The number of carbonyl (C=O) groups is 1. The highest BCUT2D eigenvalue weighted by molar-refractivity contribution is 5.97. The monoisotopic (exact) mass is 242 g/mol. The molecule has 0 N–H and O–H groups in total. The van der Waals surface area contributed by atoms with Crippen molar-refractivity contribution in [2.24, 2.45) is 5.92 Å². The normalized spacial score (nSPS) is 10.7. The van der Waals surface area contributed by atoms with Gasteiger partial charge in [-0.2, -0.15) is 0 Å². The third-order valence-corrected chi connectivity index (χ3v) is 2.88. The van der Waals surface area contributed by atoms with Crippen LogP contribution in [0.5, 0.6) is 0 Å². The van der Waals surface area contributed by atoms with Gasteiger partial charge in [-0.1, -0.05) is 56.3 Å². The quantitative estimate of drug-likeness (QED) is 0.732. The molecule has 0 bridgehead atoms. The minimum Gasteiger partial charge on any atom is -0.294 e. The average Bonchev–Trinajstić information content (AvgIpc) is 2.38. The Morgan fingerprint density at radius 1 is 1.00 bits per heavy atom. The number of rotatable bonds is 3. The van der Waals surface area contributed by atoms with E-state index in [-0.39, 0.29) is 17.5 Å². The van der Waals surface area contributed by atoms with Gasteiger partial charge in [0, 0.05) is 17.0 Å². The molecule has 0 saturated carbocycles. The third-order valence-electron chi connectivity index (χ3n) is 2.88. The lowest BCUT2D eigenvalue weighted by Crippen LogP contribution is -2.06. The molecule has 0 radical (unpaired) electrons. The van der Waals surface area contributed by atoms with E-state index in [2.05, 4.69) is 0 Å². The fraction of sp³-hybridized carbons (Fsp3) is 0.188. The second kappa shape index (κ2) is 5.13. The van der Waals surface area contributed by atoms with E-state index in [1.165, 1.54) is 6.07 Å². The van der Waals surface area contributed by atoms with Crippen LogP contribution in [-0.4, -0.2) is 5.78 Å². The number of hydrogen-bond acceptors (Lipinski definition) is 1. The Hall–Kier alpha value is -1.96. The SMILES string of the molecule is CC(C)C(=O)c1ccc(-c2ccccc2F)cc1. The number of hydrogen-bond donors (Lipinski definition) is 0. The van der Waals surface area contributed by atoms with Gasteiger partial charge >= 0.3 is 0 Å². The highest BCUT2D eigenvalue weighted by atomic mass is 19.1. The smallest absolute Gasteiger partial charge is 0.165 e. The molecule has 0 aliphatic heterocycles. The second-order valence-corrected chi connectivity index (χ2v) is 4.58. The van der Waals surface area contributed by atoms with Crippen LogP contribution in [0.25, 0.3) is 11.1 Å². The first-order chi connectivity index (χ1) is 8.59. The Labute approximate surface area is 106 Å². The van der Waals surface area contributed by atoms with Gasteiger partial charge in [0.15, 0.2) is 5.78 Å². The Morgan fingerprint density at radius 2 is 1.61 bits per heavy atom. The second-order valence-electron chi connectivity index (χ2n) is 4.58. The zero-order chi connectivity index (χ0) is 13.1. The predicted octanol–water partition coefficient (Wildman–Crippen LogP) is 4.33. The zero-order valence-corrected chi connectivity index (χ0v) is 10.5. The maximum atomic E-state index is 13.6. The molecule has 92 valence electrons. The van der Waals surface area contributed by atoms with Crippen LogP contribution in [0.4, 0.5) is 4.39 Å². The molecule has 0 aliphatic rings. The van der Waals surface area contributed by atoms with E-state index < -0.39 is 0 Å². The third kappa shape index (κ3) is 2.48. The molecule has 0 aromatic heterocycles. The molecule has 0 spiro atoms. The van der Waals surface area contributed by atoms with Gasteiger partial charge < -0.3 is 0 Å². The van der Waals surface area contributed by atoms with Crippen molar-refractivity contribution >= 4 is 5.78 Å². The fourth-order valence-electron chi connectivity index (χ4n) is 1.84. The molecule has 0 fully saturated rings. The lowest BCUT2D eigenvalue weighted by Gasteiger charge is -2.06. The summed E-state index contributed by atoms with van der Waals surface area (Å²) in [7, 11) is 0. The molecule has 2 heteroatoms. The van der Waals surface area contributed by atoms with Gasteiger partial charge in [0.1, 0.15) is 5.82 Å². The first-order valence-electron chi connectivity index (χ1n) is 5.99. The number of benzene rings is 2. The van der Waals surface area contributed by atoms with Crippen molar-refractivity contribution in [3.8, 4) is 11.1 Å². The van der Waals surface area contributed by atoms with Crippen LogP contribution in [-0.2, 0) is 0 Å². The highest BCUT2D eigenvalue weighted by Crippen LogP contribution is 2.23. The topological polar surface area (TPSA) is 17.1 Å². The maximum Gasteiger partial charge on any atom is 0.165 e. The number of Topliss-reactive ketones (excluding diaryl/α,β-unsaturated/α-hetero) is 1. The van der Waals surface area contributed by atoms with Crippen molar-refractivity contribution in [1.82, 2.24) is 0 Å². The Bertz CT molecular complexity index is 556. The Morgan fingerprint density at radius 3 is 2.17 bits per heavy atom. The van der Waals surface area contributed by atoms with Crippen LogP contribution in [0.2, 0.25) is 0 Å². The summed E-state index contributed by atoms with van der Waals surface area (Å²) in [5, 5.41) is 0. The van der Waals surface area contributed by atoms with E-state index >= 15 is 0 Å². The lowest BCUT2D eigenvalue weighted by atomic mass is 9.98. The molecule has 2 rings (SSSR count). The van der Waals surface area contributed by atoms with Crippen LogP contribution in [0.3, 0.4) is 0 Å². The minimum atomic E-state index is -0.250. The zero-order valence-electron chi connectivity index (χ0n) is 10.5. The molecule has 0 saturated heterocycles. The molecular formula is C16H15FO. The van der Waals surface area contributed by atoms with Crippen molar-refractivity contribution in [2.75, 3.05) is 0 Å². The van der Waals surface area contributed by atoms with E-state index in [0.29, 0.717) is 11.1 Å². The summed E-state index contributed by atoms with van der Waals surface area (Å²) in [6.07, 6.45) is 0. The van der Waals surface area contributed by atoms with E-state index in [1.54, 1.807) is 42.5 Å². The van der Waals surface area contributed by atoms with Crippen LogP contribution in [0.1, 0.15) is 24.2 Å². The minimum absolute atomic E-state index is 0.0238. The van der Waals surface area contributed by atoms with Crippen molar-refractivity contribution in [1.29, 1.82) is 0 Å². The van der Waals surface area contributed by atoms with Crippen molar-refractivity contribution in [3.63, 3.8) is 0 Å². The number of carbonyl (C=O) groups excluding carboxylic acids is 1. The predicted molar refractivity (Wildman–Crippen MR) is 71.0 cm³/mol. The summed E-state index contributed by atoms with van der Waals surface area (Å²) < 4.78 is 13.6. The highest BCUT2D eigenvalue weighted by Gasteiger charge is 2.10. The van der Waals surface area contributed by atoms with Crippen molar-refractivity contribution in [3.05, 3.63) is 59.9 Å². The average molecular weight is 242 g/mol.